The SMILES string of the molecule is COc1cc(Br)c(/C=C/C(=O)c2ccc(OCC(=O)O)cc2)cc1O. The van der Waals surface area contributed by atoms with E-state index in [2.05, 4.69) is 15.9 Å². The first kappa shape index (κ1) is 18.5. The number of carboxylic acids is 1. The average molecular weight is 407 g/mol. The third kappa shape index (κ3) is 5.09. The van der Waals surface area contributed by atoms with Crippen LogP contribution in [0.4, 0.5) is 0 Å². The summed E-state index contributed by atoms with van der Waals surface area (Å²) in [6.45, 7) is -0.442. The number of hydrogen-bond donors (Lipinski definition) is 2. The van der Waals surface area contributed by atoms with Gasteiger partial charge < -0.3 is 19.7 Å². The Hall–Kier alpha value is -2.80. The number of phenols is 1. The quantitative estimate of drug-likeness (QED) is 0.539. The van der Waals surface area contributed by atoms with E-state index in [4.69, 9.17) is 14.6 Å². The lowest BCUT2D eigenvalue weighted by atomic mass is 10.1. The Bertz CT molecular complexity index is 811. The van der Waals surface area contributed by atoms with Crippen LogP contribution in [0.25, 0.3) is 6.08 Å². The van der Waals surface area contributed by atoms with Crippen molar-refractivity contribution < 1.29 is 29.3 Å². The fourth-order valence-electron chi connectivity index (χ4n) is 1.97. The van der Waals surface area contributed by atoms with Crippen molar-refractivity contribution in [1.29, 1.82) is 0 Å². The minimum Gasteiger partial charge on any atom is -0.504 e. The molecule has 0 aromatic heterocycles. The monoisotopic (exact) mass is 406 g/mol. The molecule has 0 radical (unpaired) electrons. The van der Waals surface area contributed by atoms with E-state index >= 15 is 0 Å². The number of halogens is 1. The van der Waals surface area contributed by atoms with Crippen molar-refractivity contribution in [2.75, 3.05) is 13.7 Å². The Morgan fingerprint density at radius 3 is 2.48 bits per heavy atom. The maximum Gasteiger partial charge on any atom is 0.341 e. The molecule has 2 aromatic rings. The number of ketones is 1. The molecule has 0 saturated carbocycles. The first-order valence-corrected chi connectivity index (χ1v) is 7.93. The first-order chi connectivity index (χ1) is 11.9. The standard InChI is InChI=1S/C18H15BrO6/c1-24-17-9-14(19)12(8-16(17)21)4-7-15(20)11-2-5-13(6-3-11)25-10-18(22)23/h2-9,21H,10H2,1H3,(H,22,23)/b7-4+. The molecule has 0 aliphatic heterocycles. The number of ether oxygens (including phenoxy) is 2. The molecule has 0 unspecified atom stereocenters. The number of carbonyl (C=O) groups is 2. The molecule has 0 atom stereocenters. The zero-order valence-corrected chi connectivity index (χ0v) is 14.8. The van der Waals surface area contributed by atoms with E-state index in [9.17, 15) is 14.7 Å². The van der Waals surface area contributed by atoms with Gasteiger partial charge in [0, 0.05) is 10.0 Å². The van der Waals surface area contributed by atoms with Crippen molar-refractivity contribution in [3.63, 3.8) is 0 Å². The third-order valence-electron chi connectivity index (χ3n) is 3.21. The fraction of sp³-hybridized carbons (Fsp3) is 0.111. The van der Waals surface area contributed by atoms with Gasteiger partial charge >= 0.3 is 5.97 Å². The van der Waals surface area contributed by atoms with E-state index in [1.165, 1.54) is 31.4 Å². The minimum absolute atomic E-state index is 0.0299. The van der Waals surface area contributed by atoms with Crippen molar-refractivity contribution in [3.8, 4) is 17.2 Å². The van der Waals surface area contributed by atoms with Gasteiger partial charge in [-0.05, 0) is 54.1 Å². The van der Waals surface area contributed by atoms with Gasteiger partial charge in [0.2, 0.25) is 0 Å². The Balaban J connectivity index is 2.10. The summed E-state index contributed by atoms with van der Waals surface area (Å²) in [6.07, 6.45) is 2.94. The zero-order chi connectivity index (χ0) is 18.4. The summed E-state index contributed by atoms with van der Waals surface area (Å²) in [5.74, 6) is -0.654. The molecule has 7 heteroatoms. The van der Waals surface area contributed by atoms with Crippen LogP contribution in [0, 0.1) is 0 Å². The molecule has 0 amide bonds. The van der Waals surface area contributed by atoms with Gasteiger partial charge in [0.1, 0.15) is 5.75 Å². The number of methoxy groups -OCH3 is 1. The summed E-state index contributed by atoms with van der Waals surface area (Å²) in [5, 5.41) is 18.4. The second kappa shape index (κ2) is 8.34. The van der Waals surface area contributed by atoms with Crippen LogP contribution in [-0.4, -0.2) is 35.7 Å². The normalized spacial score (nSPS) is 10.6. The van der Waals surface area contributed by atoms with E-state index < -0.39 is 12.6 Å². The second-order valence-corrected chi connectivity index (χ2v) is 5.80. The highest BCUT2D eigenvalue weighted by atomic mass is 79.9. The minimum atomic E-state index is -1.07. The molecule has 0 heterocycles. The molecular formula is C18H15BrO6. The van der Waals surface area contributed by atoms with Crippen molar-refractivity contribution in [3.05, 3.63) is 58.1 Å². The van der Waals surface area contributed by atoms with Gasteiger partial charge in [-0.25, -0.2) is 4.79 Å². The van der Waals surface area contributed by atoms with Crippen molar-refractivity contribution >= 4 is 33.8 Å². The van der Waals surface area contributed by atoms with Crippen molar-refractivity contribution in [2.45, 2.75) is 0 Å². The number of rotatable bonds is 7. The Labute approximate surface area is 152 Å². The summed E-state index contributed by atoms with van der Waals surface area (Å²) in [5.41, 5.74) is 1.04. The summed E-state index contributed by atoms with van der Waals surface area (Å²) >= 11 is 3.35. The molecule has 0 fully saturated rings. The van der Waals surface area contributed by atoms with Crippen molar-refractivity contribution in [1.82, 2.24) is 0 Å². The van der Waals surface area contributed by atoms with E-state index in [1.54, 1.807) is 24.3 Å². The highest BCUT2D eigenvalue weighted by molar-refractivity contribution is 9.10. The predicted molar refractivity (Wildman–Crippen MR) is 95.3 cm³/mol. The Morgan fingerprint density at radius 2 is 1.88 bits per heavy atom. The third-order valence-corrected chi connectivity index (χ3v) is 3.90. The van der Waals surface area contributed by atoms with Gasteiger partial charge in [-0.1, -0.05) is 15.9 Å². The van der Waals surface area contributed by atoms with E-state index in [0.717, 1.165) is 0 Å². The summed E-state index contributed by atoms with van der Waals surface area (Å²) in [6, 6.07) is 9.23. The van der Waals surface area contributed by atoms with Crippen molar-refractivity contribution in [2.24, 2.45) is 0 Å². The van der Waals surface area contributed by atoms with Crippen LogP contribution < -0.4 is 9.47 Å². The largest absolute Gasteiger partial charge is 0.504 e. The number of hydrogen-bond acceptors (Lipinski definition) is 5. The lowest BCUT2D eigenvalue weighted by Gasteiger charge is -2.06. The second-order valence-electron chi connectivity index (χ2n) is 4.95. The molecule has 2 rings (SSSR count). The maximum absolute atomic E-state index is 12.2. The lowest BCUT2D eigenvalue weighted by Crippen LogP contribution is -2.09. The average Bonchev–Trinajstić information content (AvgIpc) is 2.60. The van der Waals surface area contributed by atoms with Crippen LogP contribution in [0.3, 0.4) is 0 Å². The van der Waals surface area contributed by atoms with Crippen LogP contribution in [0.15, 0.2) is 46.9 Å². The molecule has 25 heavy (non-hydrogen) atoms. The number of allylic oxidation sites excluding steroid dienone is 1. The van der Waals surface area contributed by atoms with Gasteiger partial charge in [-0.15, -0.1) is 0 Å². The highest BCUT2D eigenvalue weighted by Crippen LogP contribution is 2.33. The van der Waals surface area contributed by atoms with E-state index in [1.807, 2.05) is 0 Å². The summed E-state index contributed by atoms with van der Waals surface area (Å²) in [7, 11) is 1.45. The number of benzene rings is 2. The van der Waals surface area contributed by atoms with Crippen LogP contribution in [-0.2, 0) is 4.79 Å². The Morgan fingerprint density at radius 1 is 1.20 bits per heavy atom. The topological polar surface area (TPSA) is 93.1 Å². The van der Waals surface area contributed by atoms with Gasteiger partial charge in [0.25, 0.3) is 0 Å². The molecule has 0 aliphatic rings. The molecule has 130 valence electrons. The smallest absolute Gasteiger partial charge is 0.341 e. The number of carboxylic acid groups (broad SMARTS) is 1. The molecule has 2 N–H and O–H groups in total. The van der Waals surface area contributed by atoms with Gasteiger partial charge in [-0.2, -0.15) is 0 Å². The van der Waals surface area contributed by atoms with E-state index in [0.29, 0.717) is 27.1 Å². The number of aromatic hydroxyl groups is 1. The maximum atomic E-state index is 12.2. The molecular weight excluding hydrogens is 392 g/mol. The van der Waals surface area contributed by atoms with Crippen LogP contribution in [0.5, 0.6) is 17.2 Å². The van der Waals surface area contributed by atoms with E-state index in [-0.39, 0.29) is 11.5 Å². The molecule has 0 bridgehead atoms. The van der Waals surface area contributed by atoms with Crippen LogP contribution in [0.1, 0.15) is 15.9 Å². The molecule has 0 saturated heterocycles. The van der Waals surface area contributed by atoms with Crippen LogP contribution in [0.2, 0.25) is 0 Å². The highest BCUT2D eigenvalue weighted by Gasteiger charge is 2.08. The molecule has 0 spiro atoms. The predicted octanol–water partition coefficient (Wildman–Crippen LogP) is 3.52. The van der Waals surface area contributed by atoms with Crippen LogP contribution >= 0.6 is 15.9 Å². The number of aliphatic carboxylic acids is 1. The zero-order valence-electron chi connectivity index (χ0n) is 13.2. The van der Waals surface area contributed by atoms with Gasteiger partial charge in [-0.3, -0.25) is 4.79 Å². The Kier molecular flexibility index (Phi) is 6.19. The first-order valence-electron chi connectivity index (χ1n) is 7.14. The van der Waals surface area contributed by atoms with Gasteiger partial charge in [0.15, 0.2) is 23.9 Å². The number of carbonyl (C=O) groups excluding carboxylic acids is 1. The summed E-state index contributed by atoms with van der Waals surface area (Å²) < 4.78 is 10.7. The summed E-state index contributed by atoms with van der Waals surface area (Å²) in [4.78, 5) is 22.6. The molecule has 0 aliphatic carbocycles. The fourth-order valence-corrected chi connectivity index (χ4v) is 2.43. The van der Waals surface area contributed by atoms with Gasteiger partial charge in [0.05, 0.1) is 7.11 Å². The molecule has 6 nitrogen and oxygen atoms in total. The lowest BCUT2D eigenvalue weighted by molar-refractivity contribution is -0.139. The molecule has 2 aromatic carbocycles. The number of phenolic OH excluding ortho intramolecular Hbond substituents is 1.